The number of thiazole rings is 1. The number of rotatable bonds is 6. The van der Waals surface area contributed by atoms with Crippen LogP contribution < -0.4 is 10.6 Å². The van der Waals surface area contributed by atoms with Gasteiger partial charge in [0.05, 0.1) is 12.2 Å². The lowest BCUT2D eigenvalue weighted by Gasteiger charge is -2.14. The minimum Gasteiger partial charge on any atom is -0.356 e. The number of aromatic nitrogens is 1. The molecule has 0 atom stereocenters. The smallest absolute Gasteiger partial charge is 0.191 e. The minimum absolute atomic E-state index is 0.101. The maximum absolute atomic E-state index is 4.69. The van der Waals surface area contributed by atoms with Gasteiger partial charge in [-0.05, 0) is 12.1 Å². The molecule has 0 aliphatic carbocycles. The molecule has 2 N–H and O–H groups in total. The number of hydrogen-bond acceptors (Lipinski definition) is 4. The highest BCUT2D eigenvalue weighted by atomic mass is 32.2. The summed E-state index contributed by atoms with van der Waals surface area (Å²) in [6, 6.07) is 10.4. The molecule has 0 fully saturated rings. The zero-order valence-corrected chi connectivity index (χ0v) is 16.4. The zero-order chi connectivity index (χ0) is 17.4. The van der Waals surface area contributed by atoms with Crippen molar-refractivity contribution in [1.29, 1.82) is 0 Å². The predicted octanol–water partition coefficient (Wildman–Crippen LogP) is 3.90. The molecule has 0 bridgehead atoms. The number of nitrogens with zero attached hydrogens (tertiary/aromatic N) is 2. The van der Waals surface area contributed by atoms with Crippen molar-refractivity contribution in [3.05, 3.63) is 46.4 Å². The molecule has 1 aromatic heterocycles. The summed E-state index contributed by atoms with van der Waals surface area (Å²) >= 11 is 3.53. The highest BCUT2D eigenvalue weighted by Gasteiger charge is 2.17. The van der Waals surface area contributed by atoms with E-state index in [2.05, 4.69) is 66.0 Å². The summed E-state index contributed by atoms with van der Waals surface area (Å²) in [5.74, 6) is 1.81. The van der Waals surface area contributed by atoms with E-state index in [1.807, 2.05) is 17.8 Å². The Morgan fingerprint density at radius 3 is 2.58 bits per heavy atom. The van der Waals surface area contributed by atoms with Crippen LogP contribution in [0.3, 0.4) is 0 Å². The molecular formula is C18H26N4S2. The van der Waals surface area contributed by atoms with Gasteiger partial charge in [0.15, 0.2) is 5.96 Å². The van der Waals surface area contributed by atoms with E-state index in [0.29, 0.717) is 6.54 Å². The van der Waals surface area contributed by atoms with E-state index >= 15 is 0 Å². The molecule has 0 aliphatic rings. The van der Waals surface area contributed by atoms with Gasteiger partial charge in [-0.15, -0.1) is 23.1 Å². The van der Waals surface area contributed by atoms with Gasteiger partial charge in [-0.1, -0.05) is 39.0 Å². The van der Waals surface area contributed by atoms with Gasteiger partial charge in [-0.3, -0.25) is 4.99 Å². The first-order valence-electron chi connectivity index (χ1n) is 8.06. The average molecular weight is 363 g/mol. The van der Waals surface area contributed by atoms with E-state index < -0.39 is 0 Å². The predicted molar refractivity (Wildman–Crippen MR) is 106 cm³/mol. The molecular weight excluding hydrogens is 336 g/mol. The Balaban J connectivity index is 1.71. The van der Waals surface area contributed by atoms with E-state index in [4.69, 9.17) is 4.98 Å². The first-order chi connectivity index (χ1) is 11.5. The van der Waals surface area contributed by atoms with Crippen molar-refractivity contribution in [2.45, 2.75) is 37.6 Å². The van der Waals surface area contributed by atoms with Gasteiger partial charge in [0.25, 0.3) is 0 Å². The second-order valence-electron chi connectivity index (χ2n) is 6.39. The maximum Gasteiger partial charge on any atom is 0.191 e. The number of aliphatic imine (C=N–C) groups is 1. The number of nitrogens with one attached hydrogen (secondary N) is 2. The van der Waals surface area contributed by atoms with Gasteiger partial charge in [-0.25, -0.2) is 4.98 Å². The van der Waals surface area contributed by atoms with Crippen molar-refractivity contribution >= 4 is 29.1 Å². The molecule has 0 saturated heterocycles. The fourth-order valence-electron chi connectivity index (χ4n) is 1.97. The molecule has 0 amide bonds. The summed E-state index contributed by atoms with van der Waals surface area (Å²) in [5, 5.41) is 9.90. The molecule has 1 heterocycles. The number of guanidine groups is 1. The molecule has 0 aliphatic heterocycles. The van der Waals surface area contributed by atoms with Crippen LogP contribution in [-0.2, 0) is 12.0 Å². The lowest BCUT2D eigenvalue weighted by Crippen LogP contribution is -2.37. The fourth-order valence-corrected chi connectivity index (χ4v) is 3.72. The maximum atomic E-state index is 4.69. The topological polar surface area (TPSA) is 49.3 Å². The van der Waals surface area contributed by atoms with Crippen LogP contribution in [0.5, 0.6) is 0 Å². The van der Waals surface area contributed by atoms with Crippen LogP contribution in [0.2, 0.25) is 0 Å². The highest BCUT2D eigenvalue weighted by Crippen LogP contribution is 2.23. The molecule has 0 spiro atoms. The monoisotopic (exact) mass is 362 g/mol. The summed E-state index contributed by atoms with van der Waals surface area (Å²) in [6.45, 7) is 8.12. The third-order valence-electron chi connectivity index (χ3n) is 3.36. The summed E-state index contributed by atoms with van der Waals surface area (Å²) in [7, 11) is 1.79. The highest BCUT2D eigenvalue weighted by molar-refractivity contribution is 7.99. The normalized spacial score (nSPS) is 12.2. The molecule has 2 aromatic rings. The van der Waals surface area contributed by atoms with Gasteiger partial charge in [0, 0.05) is 35.0 Å². The number of benzene rings is 1. The van der Waals surface area contributed by atoms with E-state index in [1.165, 1.54) is 4.90 Å². The van der Waals surface area contributed by atoms with Crippen molar-refractivity contribution in [1.82, 2.24) is 15.6 Å². The number of thioether (sulfide) groups is 1. The fraction of sp³-hybridized carbons (Fsp3) is 0.444. The van der Waals surface area contributed by atoms with Crippen molar-refractivity contribution in [3.8, 4) is 0 Å². The largest absolute Gasteiger partial charge is 0.356 e. The third kappa shape index (κ3) is 6.17. The van der Waals surface area contributed by atoms with Crippen LogP contribution in [0.25, 0.3) is 0 Å². The van der Waals surface area contributed by atoms with Gasteiger partial charge < -0.3 is 10.6 Å². The van der Waals surface area contributed by atoms with Crippen molar-refractivity contribution < 1.29 is 0 Å². The standard InChI is InChI=1S/C18H26N4S2/c1-18(2,3)15-13-24-16(22-15)12-21-17(19-4)20-10-11-23-14-8-6-5-7-9-14/h5-9,13H,10-12H2,1-4H3,(H2,19,20,21). The second-order valence-corrected chi connectivity index (χ2v) is 8.50. The Bertz CT molecular complexity index is 645. The van der Waals surface area contributed by atoms with Gasteiger partial charge >= 0.3 is 0 Å². The Morgan fingerprint density at radius 1 is 1.21 bits per heavy atom. The Hall–Kier alpha value is -1.53. The zero-order valence-electron chi connectivity index (χ0n) is 14.8. The molecule has 24 heavy (non-hydrogen) atoms. The SMILES string of the molecule is CN=C(NCCSc1ccccc1)NCc1nc(C(C)(C)C)cs1. The molecule has 1 aromatic carbocycles. The van der Waals surface area contributed by atoms with E-state index in [1.54, 1.807) is 18.4 Å². The summed E-state index contributed by atoms with van der Waals surface area (Å²) in [5.41, 5.74) is 1.25. The van der Waals surface area contributed by atoms with E-state index in [0.717, 1.165) is 29.0 Å². The van der Waals surface area contributed by atoms with Crippen LogP contribution in [-0.4, -0.2) is 30.3 Å². The van der Waals surface area contributed by atoms with Crippen molar-refractivity contribution in [3.63, 3.8) is 0 Å². The van der Waals surface area contributed by atoms with Crippen LogP contribution in [0, 0.1) is 0 Å². The summed E-state index contributed by atoms with van der Waals surface area (Å²) in [6.07, 6.45) is 0. The average Bonchev–Trinajstić information content (AvgIpc) is 3.04. The van der Waals surface area contributed by atoms with Crippen LogP contribution in [0.1, 0.15) is 31.5 Å². The van der Waals surface area contributed by atoms with Crippen molar-refractivity contribution in [2.75, 3.05) is 19.3 Å². The summed E-state index contributed by atoms with van der Waals surface area (Å²) in [4.78, 5) is 10.2. The Morgan fingerprint density at radius 2 is 1.96 bits per heavy atom. The van der Waals surface area contributed by atoms with Crippen LogP contribution in [0.15, 0.2) is 45.6 Å². The van der Waals surface area contributed by atoms with Gasteiger partial charge in [-0.2, -0.15) is 0 Å². The van der Waals surface area contributed by atoms with Gasteiger partial charge in [0.1, 0.15) is 5.01 Å². The molecule has 0 unspecified atom stereocenters. The third-order valence-corrected chi connectivity index (χ3v) is 5.22. The number of hydrogen-bond donors (Lipinski definition) is 2. The van der Waals surface area contributed by atoms with Crippen LogP contribution >= 0.6 is 23.1 Å². The van der Waals surface area contributed by atoms with E-state index in [-0.39, 0.29) is 5.41 Å². The molecule has 0 saturated carbocycles. The molecule has 4 nitrogen and oxygen atoms in total. The molecule has 130 valence electrons. The van der Waals surface area contributed by atoms with Crippen molar-refractivity contribution in [2.24, 2.45) is 4.99 Å². The Kier molecular flexibility index (Phi) is 7.12. The molecule has 6 heteroatoms. The lowest BCUT2D eigenvalue weighted by atomic mass is 9.93. The van der Waals surface area contributed by atoms with Gasteiger partial charge in [0.2, 0.25) is 0 Å². The first kappa shape index (κ1) is 18.8. The Labute approximate surface area is 153 Å². The first-order valence-corrected chi connectivity index (χ1v) is 9.93. The molecule has 0 radical (unpaired) electrons. The summed E-state index contributed by atoms with van der Waals surface area (Å²) < 4.78 is 0. The van der Waals surface area contributed by atoms with Crippen LogP contribution in [0.4, 0.5) is 0 Å². The lowest BCUT2D eigenvalue weighted by molar-refractivity contribution is 0.570. The minimum atomic E-state index is 0.101. The van der Waals surface area contributed by atoms with E-state index in [9.17, 15) is 0 Å². The quantitative estimate of drug-likeness (QED) is 0.354. The molecule has 2 rings (SSSR count). The second kappa shape index (κ2) is 9.08.